The molecule has 0 radical (unpaired) electrons. The number of rotatable bonds is 8. The van der Waals surface area contributed by atoms with E-state index in [0.29, 0.717) is 13.2 Å². The lowest BCUT2D eigenvalue weighted by molar-refractivity contribution is 0.107. The molecule has 0 aliphatic heterocycles. The van der Waals surface area contributed by atoms with Gasteiger partial charge in [-0.15, -0.1) is 0 Å². The van der Waals surface area contributed by atoms with Crippen molar-refractivity contribution in [3.05, 3.63) is 59.7 Å². The summed E-state index contributed by atoms with van der Waals surface area (Å²) in [5, 5.41) is 0. The predicted octanol–water partition coefficient (Wildman–Crippen LogP) is 1.22. The van der Waals surface area contributed by atoms with Gasteiger partial charge in [0.25, 0.3) is 0 Å². The topological polar surface area (TPSA) is 102 Å². The Labute approximate surface area is 148 Å². The summed E-state index contributed by atoms with van der Waals surface area (Å²) in [5.74, 6) is 0. The molecule has 2 aromatic carbocycles. The maximum Gasteiger partial charge on any atom is 0.240 e. The van der Waals surface area contributed by atoms with Gasteiger partial charge in [0.05, 0.1) is 23.0 Å². The quantitative estimate of drug-likeness (QED) is 0.713. The summed E-state index contributed by atoms with van der Waals surface area (Å²) in [6.07, 6.45) is 0. The van der Waals surface area contributed by atoms with Crippen LogP contribution in [-0.2, 0) is 38.0 Å². The summed E-state index contributed by atoms with van der Waals surface area (Å²) in [5.41, 5.74) is 1.67. The van der Waals surface area contributed by atoms with Crippen LogP contribution in [0.3, 0.4) is 0 Å². The second-order valence-electron chi connectivity index (χ2n) is 5.20. The Bertz CT molecular complexity index is 829. The van der Waals surface area contributed by atoms with Gasteiger partial charge in [0.2, 0.25) is 20.0 Å². The van der Waals surface area contributed by atoms with E-state index in [0.717, 1.165) is 11.1 Å². The molecule has 0 saturated heterocycles. The zero-order valence-electron chi connectivity index (χ0n) is 13.9. The van der Waals surface area contributed by atoms with Crippen LogP contribution in [0, 0.1) is 0 Å². The van der Waals surface area contributed by atoms with Crippen molar-refractivity contribution in [2.45, 2.75) is 23.0 Å². The summed E-state index contributed by atoms with van der Waals surface area (Å²) in [4.78, 5) is 0.389. The second-order valence-corrected chi connectivity index (χ2v) is 8.97. The van der Waals surface area contributed by atoms with Crippen molar-refractivity contribution >= 4 is 20.0 Å². The van der Waals surface area contributed by atoms with E-state index < -0.39 is 20.0 Å². The monoisotopic (exact) mass is 384 g/mol. The number of benzene rings is 2. The van der Waals surface area contributed by atoms with E-state index in [1.54, 1.807) is 24.3 Å². The van der Waals surface area contributed by atoms with Crippen LogP contribution >= 0.6 is 0 Å². The Balaban J connectivity index is 1.93. The number of nitrogens with one attached hydrogen (secondary N) is 2. The minimum absolute atomic E-state index is 0.195. The molecule has 0 atom stereocenters. The lowest BCUT2D eigenvalue weighted by Crippen LogP contribution is -2.18. The molecule has 9 heteroatoms. The van der Waals surface area contributed by atoms with Crippen molar-refractivity contribution in [1.29, 1.82) is 0 Å². The third-order valence-corrected chi connectivity index (χ3v) is 6.40. The first kappa shape index (κ1) is 19.5. The van der Waals surface area contributed by atoms with Gasteiger partial charge in [-0.3, -0.25) is 0 Å². The molecule has 0 aliphatic carbocycles. The average Bonchev–Trinajstić information content (AvgIpc) is 2.62. The highest BCUT2D eigenvalue weighted by atomic mass is 32.2. The number of ether oxygens (including phenoxy) is 1. The SMILES string of the molecule is CNS(=O)(=O)c1ccc(COCc2ccc(S(=O)(=O)NC)cc2)cc1. The Hall–Kier alpha value is -1.78. The molecule has 2 N–H and O–H groups in total. The number of sulfonamides is 2. The molecule has 0 aromatic heterocycles. The van der Waals surface area contributed by atoms with Crippen LogP contribution in [0.15, 0.2) is 58.3 Å². The highest BCUT2D eigenvalue weighted by Crippen LogP contribution is 2.13. The second kappa shape index (κ2) is 8.07. The van der Waals surface area contributed by atoms with Crippen molar-refractivity contribution in [2.75, 3.05) is 14.1 Å². The fourth-order valence-corrected chi connectivity index (χ4v) is 3.51. The zero-order valence-corrected chi connectivity index (χ0v) is 15.5. The largest absolute Gasteiger partial charge is 0.372 e. The highest BCUT2D eigenvalue weighted by molar-refractivity contribution is 7.89. The van der Waals surface area contributed by atoms with Crippen LogP contribution in [0.4, 0.5) is 0 Å². The van der Waals surface area contributed by atoms with E-state index in [1.807, 2.05) is 0 Å². The van der Waals surface area contributed by atoms with Gasteiger partial charge < -0.3 is 4.74 Å². The molecule has 136 valence electrons. The van der Waals surface area contributed by atoms with Crippen molar-refractivity contribution in [2.24, 2.45) is 0 Å². The zero-order chi connectivity index (χ0) is 18.5. The van der Waals surface area contributed by atoms with E-state index in [4.69, 9.17) is 4.74 Å². The maximum absolute atomic E-state index is 11.6. The van der Waals surface area contributed by atoms with Crippen LogP contribution in [0.2, 0.25) is 0 Å². The minimum atomic E-state index is -3.44. The highest BCUT2D eigenvalue weighted by Gasteiger charge is 2.11. The van der Waals surface area contributed by atoms with Gasteiger partial charge >= 0.3 is 0 Å². The molecule has 0 heterocycles. The Morgan fingerprint density at radius 2 is 1.00 bits per heavy atom. The van der Waals surface area contributed by atoms with Gasteiger partial charge in [-0.05, 0) is 49.5 Å². The molecule has 0 aliphatic rings. The fourth-order valence-electron chi connectivity index (χ4n) is 2.05. The molecule has 2 rings (SSSR count). The Morgan fingerprint density at radius 1 is 0.680 bits per heavy atom. The van der Waals surface area contributed by atoms with Crippen molar-refractivity contribution in [3.63, 3.8) is 0 Å². The van der Waals surface area contributed by atoms with Gasteiger partial charge in [0.15, 0.2) is 0 Å². The maximum atomic E-state index is 11.6. The van der Waals surface area contributed by atoms with Crippen LogP contribution < -0.4 is 9.44 Å². The van der Waals surface area contributed by atoms with Crippen molar-refractivity contribution in [3.8, 4) is 0 Å². The van der Waals surface area contributed by atoms with Crippen LogP contribution in [0.1, 0.15) is 11.1 Å². The van der Waals surface area contributed by atoms with Crippen LogP contribution in [0.25, 0.3) is 0 Å². The summed E-state index contributed by atoms with van der Waals surface area (Å²) >= 11 is 0. The van der Waals surface area contributed by atoms with Gasteiger partial charge in [0.1, 0.15) is 0 Å². The van der Waals surface area contributed by atoms with Crippen molar-refractivity contribution in [1.82, 2.24) is 9.44 Å². The smallest absolute Gasteiger partial charge is 0.240 e. The summed E-state index contributed by atoms with van der Waals surface area (Å²) in [6.45, 7) is 0.632. The summed E-state index contributed by atoms with van der Waals surface area (Å²) < 4.78 is 56.7. The Morgan fingerprint density at radius 3 is 1.28 bits per heavy atom. The third-order valence-electron chi connectivity index (χ3n) is 3.54. The first-order chi connectivity index (χ1) is 11.8. The molecule has 0 bridgehead atoms. The molecule has 0 unspecified atom stereocenters. The molecule has 0 amide bonds. The Kier molecular flexibility index (Phi) is 6.31. The first-order valence-electron chi connectivity index (χ1n) is 7.41. The molecular formula is C16H20N2O5S2. The van der Waals surface area contributed by atoms with Crippen LogP contribution in [-0.4, -0.2) is 30.9 Å². The molecule has 7 nitrogen and oxygen atoms in total. The number of hydrogen-bond acceptors (Lipinski definition) is 5. The van der Waals surface area contributed by atoms with E-state index in [2.05, 4.69) is 9.44 Å². The average molecular weight is 384 g/mol. The molecule has 0 saturated carbocycles. The van der Waals surface area contributed by atoms with E-state index in [-0.39, 0.29) is 9.79 Å². The normalized spacial score (nSPS) is 12.2. The lowest BCUT2D eigenvalue weighted by atomic mass is 10.2. The number of hydrogen-bond donors (Lipinski definition) is 2. The first-order valence-corrected chi connectivity index (χ1v) is 10.4. The molecule has 0 fully saturated rings. The van der Waals surface area contributed by atoms with Gasteiger partial charge in [-0.25, -0.2) is 26.3 Å². The van der Waals surface area contributed by atoms with Gasteiger partial charge in [-0.2, -0.15) is 0 Å². The summed E-state index contributed by atoms with van der Waals surface area (Å²) in [7, 11) is -4.16. The standard InChI is InChI=1S/C16H20N2O5S2/c1-17-24(19,20)15-7-3-13(4-8-15)11-23-12-14-5-9-16(10-6-14)25(21,22)18-2/h3-10,17-18H,11-12H2,1-2H3. The van der Waals surface area contributed by atoms with Crippen molar-refractivity contribution < 1.29 is 21.6 Å². The fraction of sp³-hybridized carbons (Fsp3) is 0.250. The van der Waals surface area contributed by atoms with E-state index in [1.165, 1.54) is 38.4 Å². The third kappa shape index (κ3) is 5.10. The predicted molar refractivity (Wildman–Crippen MR) is 93.9 cm³/mol. The van der Waals surface area contributed by atoms with E-state index >= 15 is 0 Å². The van der Waals surface area contributed by atoms with Gasteiger partial charge in [-0.1, -0.05) is 24.3 Å². The molecular weight excluding hydrogens is 364 g/mol. The lowest BCUT2D eigenvalue weighted by Gasteiger charge is -2.07. The minimum Gasteiger partial charge on any atom is -0.372 e. The summed E-state index contributed by atoms with van der Waals surface area (Å²) in [6, 6.07) is 12.8. The molecule has 2 aromatic rings. The van der Waals surface area contributed by atoms with Crippen LogP contribution in [0.5, 0.6) is 0 Å². The van der Waals surface area contributed by atoms with Gasteiger partial charge in [0, 0.05) is 0 Å². The molecule has 25 heavy (non-hydrogen) atoms. The molecule has 0 spiro atoms. The van der Waals surface area contributed by atoms with E-state index in [9.17, 15) is 16.8 Å².